The number of nitrogens with zero attached hydrogens (tertiary/aromatic N) is 2. The van der Waals surface area contributed by atoms with E-state index in [1.165, 1.54) is 0 Å². The van der Waals surface area contributed by atoms with Gasteiger partial charge in [0, 0.05) is 13.1 Å². The molecule has 0 saturated heterocycles. The van der Waals surface area contributed by atoms with Crippen LogP contribution < -0.4 is 5.73 Å². The standard InChI is InChI=1S/C10H16N2O8.C3H5NO.3BH3O3/c13-7(14)3-11(4-8(15)16)1-2-12(5-9(17)18)6-10(19)20;1-2-3(4)5;3*2-1(3)4/h1-6H2,(H,13,14)(H,15,16)(H,17,18)(H,19,20);2H,1H2,(H2,4,5);3*2-4H. The van der Waals surface area contributed by atoms with Crippen LogP contribution >= 0.6 is 0 Å². The highest BCUT2D eigenvalue weighted by Gasteiger charge is 2.18. The zero-order valence-corrected chi connectivity index (χ0v) is 19.1. The van der Waals surface area contributed by atoms with Crippen LogP contribution in [0.2, 0.25) is 0 Å². The molecule has 0 spiro atoms. The molecule has 0 aliphatic carbocycles. The maximum Gasteiger partial charge on any atom is 0.631 e. The molecular formula is C13H30B3N3O18. The van der Waals surface area contributed by atoms with Gasteiger partial charge in [0.25, 0.3) is 0 Å². The second kappa shape index (κ2) is 29.1. The Morgan fingerprint density at radius 2 is 0.703 bits per heavy atom. The monoisotopic (exact) mass is 549 g/mol. The van der Waals surface area contributed by atoms with E-state index in [2.05, 4.69) is 12.3 Å². The number of carboxylic acids is 4. The SMILES string of the molecule is C=CC(N)=O.O=C(O)CN(CCN(CC(=O)O)CC(=O)O)CC(=O)O.OB(O)O.OB(O)O.OB(O)O. The normalized spacial score (nSPS) is 8.84. The van der Waals surface area contributed by atoms with Gasteiger partial charge in [0.1, 0.15) is 0 Å². The van der Waals surface area contributed by atoms with Crippen molar-refractivity contribution in [3.63, 3.8) is 0 Å². The topological polar surface area (TPSA) is 381 Å². The van der Waals surface area contributed by atoms with Gasteiger partial charge in [-0.3, -0.25) is 33.8 Å². The van der Waals surface area contributed by atoms with Gasteiger partial charge in [0.05, 0.1) is 26.2 Å². The van der Waals surface area contributed by atoms with Gasteiger partial charge in [-0.05, 0) is 6.08 Å². The summed E-state index contributed by atoms with van der Waals surface area (Å²) in [4.78, 5) is 53.8. The summed E-state index contributed by atoms with van der Waals surface area (Å²) >= 11 is 0. The Kier molecular flexibility index (Phi) is 34.5. The molecule has 24 heteroatoms. The Hall–Kier alpha value is -3.16. The molecule has 0 aromatic heterocycles. The average Bonchev–Trinajstić information content (AvgIpc) is 2.63. The molecule has 0 saturated carbocycles. The minimum Gasteiger partial charge on any atom is -0.480 e. The lowest BCUT2D eigenvalue weighted by molar-refractivity contribution is -0.145. The van der Waals surface area contributed by atoms with E-state index in [0.717, 1.165) is 15.9 Å². The quantitative estimate of drug-likeness (QED) is 0.0793. The summed E-state index contributed by atoms with van der Waals surface area (Å²) in [6.07, 6.45) is 1.06. The molecule has 21 nitrogen and oxygen atoms in total. The fourth-order valence-electron chi connectivity index (χ4n) is 1.48. The highest BCUT2D eigenvalue weighted by Crippen LogP contribution is 1.94. The molecule has 1 amide bonds. The van der Waals surface area contributed by atoms with Gasteiger partial charge in [-0.1, -0.05) is 6.58 Å². The van der Waals surface area contributed by atoms with Crippen LogP contribution in [0.4, 0.5) is 0 Å². The number of nitrogens with two attached hydrogens (primary N) is 1. The number of carbonyl (C=O) groups is 5. The van der Waals surface area contributed by atoms with Crippen LogP contribution in [0.15, 0.2) is 12.7 Å². The Balaban J connectivity index is -0.000000162. The van der Waals surface area contributed by atoms with Crippen molar-refractivity contribution in [3.05, 3.63) is 12.7 Å². The minimum atomic E-state index is -2.17. The third-order valence-electron chi connectivity index (χ3n) is 2.37. The third-order valence-corrected chi connectivity index (χ3v) is 2.37. The Morgan fingerprint density at radius 1 is 0.568 bits per heavy atom. The van der Waals surface area contributed by atoms with Gasteiger partial charge in [-0.25, -0.2) is 0 Å². The molecule has 0 aromatic carbocycles. The van der Waals surface area contributed by atoms with Crippen molar-refractivity contribution < 1.29 is 89.6 Å². The Morgan fingerprint density at radius 3 is 0.784 bits per heavy atom. The summed E-state index contributed by atoms with van der Waals surface area (Å²) < 4.78 is 0. The van der Waals surface area contributed by atoms with Gasteiger partial charge >= 0.3 is 45.8 Å². The molecule has 0 rings (SSSR count). The molecule has 0 aliphatic heterocycles. The summed E-state index contributed by atoms with van der Waals surface area (Å²) in [5.74, 6) is -5.39. The van der Waals surface area contributed by atoms with Crippen molar-refractivity contribution in [1.29, 1.82) is 0 Å². The van der Waals surface area contributed by atoms with E-state index in [-0.39, 0.29) is 13.1 Å². The van der Waals surface area contributed by atoms with Crippen molar-refractivity contribution in [2.75, 3.05) is 39.3 Å². The molecule has 0 aliphatic rings. The molecule has 0 heterocycles. The first-order chi connectivity index (χ1) is 16.7. The molecule has 37 heavy (non-hydrogen) atoms. The molecule has 0 aromatic rings. The van der Waals surface area contributed by atoms with E-state index in [1.54, 1.807) is 0 Å². The lowest BCUT2D eigenvalue weighted by atomic mass is 10.3. The van der Waals surface area contributed by atoms with Crippen LogP contribution in [0.5, 0.6) is 0 Å². The lowest BCUT2D eigenvalue weighted by Gasteiger charge is -2.23. The average molecular weight is 549 g/mol. The largest absolute Gasteiger partial charge is 0.631 e. The Labute approximate surface area is 209 Å². The number of hydrogen-bond donors (Lipinski definition) is 14. The lowest BCUT2D eigenvalue weighted by Crippen LogP contribution is -2.43. The number of hydrogen-bond acceptors (Lipinski definition) is 16. The number of primary amides is 1. The predicted octanol–water partition coefficient (Wildman–Crippen LogP) is -8.57. The highest BCUT2D eigenvalue weighted by atomic mass is 16.5. The van der Waals surface area contributed by atoms with Crippen molar-refractivity contribution in [1.82, 2.24) is 9.80 Å². The zero-order valence-electron chi connectivity index (χ0n) is 19.1. The molecule has 214 valence electrons. The molecule has 0 bridgehead atoms. The summed E-state index contributed by atoms with van der Waals surface area (Å²) in [7, 11) is -6.50. The first kappa shape index (κ1) is 43.9. The van der Waals surface area contributed by atoms with E-state index >= 15 is 0 Å². The second-order valence-corrected chi connectivity index (χ2v) is 5.64. The highest BCUT2D eigenvalue weighted by molar-refractivity contribution is 6.31. The molecule has 0 atom stereocenters. The van der Waals surface area contributed by atoms with Crippen molar-refractivity contribution >= 4 is 51.7 Å². The molecular weight excluding hydrogens is 519 g/mol. The van der Waals surface area contributed by atoms with Crippen LogP contribution in [0.25, 0.3) is 0 Å². The Bertz CT molecular complexity index is 563. The summed E-state index contributed by atoms with van der Waals surface area (Å²) in [6.45, 7) is 0.835. The van der Waals surface area contributed by atoms with Gasteiger partial charge in [0.15, 0.2) is 0 Å². The number of rotatable bonds is 12. The fraction of sp³-hybridized carbons (Fsp3) is 0.462. The number of carboxylic acid groups (broad SMARTS) is 4. The van der Waals surface area contributed by atoms with Gasteiger partial charge in [0.2, 0.25) is 5.91 Å². The molecule has 0 radical (unpaired) electrons. The number of amides is 1. The molecule has 0 unspecified atom stereocenters. The van der Waals surface area contributed by atoms with Crippen LogP contribution in [0, 0.1) is 0 Å². The predicted molar refractivity (Wildman–Crippen MR) is 120 cm³/mol. The van der Waals surface area contributed by atoms with E-state index < -0.39 is 77.9 Å². The van der Waals surface area contributed by atoms with E-state index in [4.69, 9.17) is 65.6 Å². The van der Waals surface area contributed by atoms with Gasteiger partial charge < -0.3 is 71.4 Å². The van der Waals surface area contributed by atoms with Crippen molar-refractivity contribution in [2.45, 2.75) is 0 Å². The van der Waals surface area contributed by atoms with Crippen LogP contribution in [-0.2, 0) is 24.0 Å². The summed E-state index contributed by atoms with van der Waals surface area (Å²) in [5.41, 5.74) is 4.53. The first-order valence-electron chi connectivity index (χ1n) is 9.04. The zero-order chi connectivity index (χ0) is 30.7. The van der Waals surface area contributed by atoms with E-state index in [1.807, 2.05) is 0 Å². The number of aliphatic carboxylic acids is 4. The third kappa shape index (κ3) is 79.3. The van der Waals surface area contributed by atoms with E-state index in [0.29, 0.717) is 0 Å². The summed E-state index contributed by atoms with van der Waals surface area (Å²) in [6, 6.07) is 0. The van der Waals surface area contributed by atoms with Crippen LogP contribution in [-0.4, -0.2) is 166 Å². The second-order valence-electron chi connectivity index (χ2n) is 5.64. The number of carbonyl (C=O) groups excluding carboxylic acids is 1. The van der Waals surface area contributed by atoms with Crippen LogP contribution in [0.1, 0.15) is 0 Å². The van der Waals surface area contributed by atoms with Crippen molar-refractivity contribution in [2.24, 2.45) is 5.73 Å². The van der Waals surface area contributed by atoms with E-state index in [9.17, 15) is 24.0 Å². The van der Waals surface area contributed by atoms with Gasteiger partial charge in [-0.15, -0.1) is 0 Å². The fourth-order valence-corrected chi connectivity index (χ4v) is 1.48. The summed E-state index contributed by atoms with van der Waals surface area (Å²) in [5, 5.41) is 99.0. The molecule has 0 fully saturated rings. The first-order valence-corrected chi connectivity index (χ1v) is 9.04. The van der Waals surface area contributed by atoms with Crippen LogP contribution in [0.3, 0.4) is 0 Å². The van der Waals surface area contributed by atoms with Crippen molar-refractivity contribution in [3.8, 4) is 0 Å². The van der Waals surface area contributed by atoms with Gasteiger partial charge in [-0.2, -0.15) is 0 Å². The minimum absolute atomic E-state index is 0.0703. The smallest absolute Gasteiger partial charge is 0.480 e. The molecule has 15 N–H and O–H groups in total. The maximum atomic E-state index is 10.6. The maximum absolute atomic E-state index is 10.6.